The molecule has 7 heteroatoms. The number of aryl methyl sites for hydroxylation is 1. The summed E-state index contributed by atoms with van der Waals surface area (Å²) >= 11 is 0. The summed E-state index contributed by atoms with van der Waals surface area (Å²) in [6, 6.07) is 0. The number of nitrogen functional groups attached to an aromatic ring is 1. The molecular formula is C11H19N5O2. The van der Waals surface area contributed by atoms with E-state index in [0.29, 0.717) is 12.2 Å². The summed E-state index contributed by atoms with van der Waals surface area (Å²) in [6.45, 7) is 5.94. The molecule has 2 amide bonds. The summed E-state index contributed by atoms with van der Waals surface area (Å²) in [7, 11) is 0. The first-order valence-electron chi connectivity index (χ1n) is 5.69. The third-order valence-corrected chi connectivity index (χ3v) is 2.40. The van der Waals surface area contributed by atoms with Crippen molar-refractivity contribution in [3.05, 3.63) is 11.9 Å². The van der Waals surface area contributed by atoms with Crippen molar-refractivity contribution in [2.75, 3.05) is 5.73 Å². The Kier molecular flexibility index (Phi) is 3.95. The van der Waals surface area contributed by atoms with Gasteiger partial charge in [0.1, 0.15) is 0 Å². The number of nitrogens with two attached hydrogens (primary N) is 2. The van der Waals surface area contributed by atoms with Gasteiger partial charge in [0.15, 0.2) is 5.69 Å². The largest absolute Gasteiger partial charge is 0.396 e. The molecule has 1 aromatic rings. The van der Waals surface area contributed by atoms with Crippen molar-refractivity contribution < 1.29 is 9.59 Å². The van der Waals surface area contributed by atoms with Gasteiger partial charge < -0.3 is 16.8 Å². The number of anilines is 1. The van der Waals surface area contributed by atoms with Crippen molar-refractivity contribution in [3.63, 3.8) is 0 Å². The van der Waals surface area contributed by atoms with Gasteiger partial charge in [-0.2, -0.15) is 5.10 Å². The molecule has 0 fully saturated rings. The molecule has 1 heterocycles. The molecule has 100 valence electrons. The Morgan fingerprint density at radius 1 is 1.50 bits per heavy atom. The standard InChI is InChI=1S/C11H19N5O2/c1-4-16-6-7(12)9(15-16)10(18)14-11(2,3)5-8(13)17/h6H,4-5,12H2,1-3H3,(H2,13,17)(H,14,18). The van der Waals surface area contributed by atoms with E-state index in [-0.39, 0.29) is 12.1 Å². The molecule has 0 saturated heterocycles. The highest BCUT2D eigenvalue weighted by molar-refractivity contribution is 5.97. The van der Waals surface area contributed by atoms with Crippen LogP contribution in [0.4, 0.5) is 5.69 Å². The van der Waals surface area contributed by atoms with E-state index in [1.54, 1.807) is 24.7 Å². The lowest BCUT2D eigenvalue weighted by atomic mass is 10.00. The first-order valence-corrected chi connectivity index (χ1v) is 5.69. The Morgan fingerprint density at radius 2 is 2.11 bits per heavy atom. The minimum absolute atomic E-state index is 0.0487. The Hall–Kier alpha value is -2.05. The second kappa shape index (κ2) is 5.07. The topological polar surface area (TPSA) is 116 Å². The Labute approximate surface area is 106 Å². The van der Waals surface area contributed by atoms with Gasteiger partial charge in [-0.05, 0) is 20.8 Å². The fraction of sp³-hybridized carbons (Fsp3) is 0.545. The molecule has 0 aliphatic rings. The van der Waals surface area contributed by atoms with E-state index in [1.165, 1.54) is 0 Å². The highest BCUT2D eigenvalue weighted by Crippen LogP contribution is 2.13. The Bertz CT molecular complexity index is 464. The molecule has 0 spiro atoms. The van der Waals surface area contributed by atoms with Crippen LogP contribution >= 0.6 is 0 Å². The number of rotatable bonds is 5. The van der Waals surface area contributed by atoms with Gasteiger partial charge in [0.05, 0.1) is 5.69 Å². The minimum Gasteiger partial charge on any atom is -0.396 e. The second-order valence-corrected chi connectivity index (χ2v) is 4.77. The van der Waals surface area contributed by atoms with Crippen LogP contribution in [0.1, 0.15) is 37.7 Å². The van der Waals surface area contributed by atoms with E-state index in [2.05, 4.69) is 10.4 Å². The molecule has 0 saturated carbocycles. The number of amides is 2. The molecule has 0 radical (unpaired) electrons. The fourth-order valence-corrected chi connectivity index (χ4v) is 1.62. The third kappa shape index (κ3) is 3.47. The summed E-state index contributed by atoms with van der Waals surface area (Å²) in [5.41, 5.74) is 10.6. The zero-order valence-electron chi connectivity index (χ0n) is 10.9. The molecule has 0 bridgehead atoms. The molecule has 5 N–H and O–H groups in total. The molecule has 1 aromatic heterocycles. The maximum Gasteiger partial charge on any atom is 0.274 e. The van der Waals surface area contributed by atoms with E-state index in [0.717, 1.165) is 0 Å². The summed E-state index contributed by atoms with van der Waals surface area (Å²) in [5.74, 6) is -0.890. The van der Waals surface area contributed by atoms with Crippen LogP contribution in [-0.4, -0.2) is 27.1 Å². The van der Waals surface area contributed by atoms with Crippen LogP contribution in [0.25, 0.3) is 0 Å². The van der Waals surface area contributed by atoms with Gasteiger partial charge >= 0.3 is 0 Å². The number of hydrogen-bond donors (Lipinski definition) is 3. The maximum absolute atomic E-state index is 12.0. The quantitative estimate of drug-likeness (QED) is 0.677. The number of aromatic nitrogens is 2. The fourth-order valence-electron chi connectivity index (χ4n) is 1.62. The van der Waals surface area contributed by atoms with Crippen LogP contribution < -0.4 is 16.8 Å². The molecule has 0 aromatic carbocycles. The first-order chi connectivity index (χ1) is 8.25. The number of nitrogens with one attached hydrogen (secondary N) is 1. The van der Waals surface area contributed by atoms with Crippen LogP contribution in [0.5, 0.6) is 0 Å². The van der Waals surface area contributed by atoms with Crippen molar-refractivity contribution in [3.8, 4) is 0 Å². The predicted octanol–water partition coefficient (Wildman–Crippen LogP) is -0.131. The average Bonchev–Trinajstić information content (AvgIpc) is 2.56. The molecule has 18 heavy (non-hydrogen) atoms. The predicted molar refractivity (Wildman–Crippen MR) is 67.7 cm³/mol. The molecule has 0 atom stereocenters. The van der Waals surface area contributed by atoms with Crippen molar-refractivity contribution in [1.29, 1.82) is 0 Å². The van der Waals surface area contributed by atoms with Crippen LogP contribution in [0, 0.1) is 0 Å². The van der Waals surface area contributed by atoms with Gasteiger partial charge in [-0.1, -0.05) is 0 Å². The molecule has 0 aliphatic carbocycles. The van der Waals surface area contributed by atoms with Gasteiger partial charge in [0.25, 0.3) is 5.91 Å². The highest BCUT2D eigenvalue weighted by atomic mass is 16.2. The lowest BCUT2D eigenvalue weighted by Crippen LogP contribution is -2.46. The molecule has 7 nitrogen and oxygen atoms in total. The van der Waals surface area contributed by atoms with Gasteiger partial charge in [-0.3, -0.25) is 14.3 Å². The summed E-state index contributed by atoms with van der Waals surface area (Å²) < 4.78 is 1.57. The number of carbonyl (C=O) groups is 2. The number of primary amides is 1. The lowest BCUT2D eigenvalue weighted by Gasteiger charge is -2.24. The summed E-state index contributed by atoms with van der Waals surface area (Å²) in [5, 5.41) is 6.74. The smallest absolute Gasteiger partial charge is 0.274 e. The van der Waals surface area contributed by atoms with E-state index in [9.17, 15) is 9.59 Å². The van der Waals surface area contributed by atoms with Crippen LogP contribution in [-0.2, 0) is 11.3 Å². The van der Waals surface area contributed by atoms with Gasteiger partial charge in [-0.25, -0.2) is 0 Å². The third-order valence-electron chi connectivity index (χ3n) is 2.40. The molecule has 0 aliphatic heterocycles. The van der Waals surface area contributed by atoms with Gasteiger partial charge in [0.2, 0.25) is 5.91 Å². The zero-order valence-corrected chi connectivity index (χ0v) is 10.9. The van der Waals surface area contributed by atoms with E-state index >= 15 is 0 Å². The molecule has 0 unspecified atom stereocenters. The normalized spacial score (nSPS) is 11.3. The molecular weight excluding hydrogens is 234 g/mol. The minimum atomic E-state index is -0.731. The summed E-state index contributed by atoms with van der Waals surface area (Å²) in [4.78, 5) is 22.8. The number of nitrogens with zero attached hydrogens (tertiary/aromatic N) is 2. The molecule has 1 rings (SSSR count). The first kappa shape index (κ1) is 14.0. The van der Waals surface area contributed by atoms with Crippen LogP contribution in [0.2, 0.25) is 0 Å². The zero-order chi connectivity index (χ0) is 13.9. The van der Waals surface area contributed by atoms with E-state index in [1.807, 2.05) is 6.92 Å². The van der Waals surface area contributed by atoms with Crippen LogP contribution in [0.15, 0.2) is 6.20 Å². The van der Waals surface area contributed by atoms with E-state index < -0.39 is 17.4 Å². The Morgan fingerprint density at radius 3 is 2.56 bits per heavy atom. The average molecular weight is 253 g/mol. The van der Waals surface area contributed by atoms with Crippen molar-refractivity contribution in [2.45, 2.75) is 39.3 Å². The van der Waals surface area contributed by atoms with Crippen molar-refractivity contribution >= 4 is 17.5 Å². The highest BCUT2D eigenvalue weighted by Gasteiger charge is 2.25. The van der Waals surface area contributed by atoms with Crippen molar-refractivity contribution in [1.82, 2.24) is 15.1 Å². The van der Waals surface area contributed by atoms with Gasteiger partial charge in [0, 0.05) is 24.7 Å². The monoisotopic (exact) mass is 253 g/mol. The SMILES string of the molecule is CCn1cc(N)c(C(=O)NC(C)(C)CC(N)=O)n1. The maximum atomic E-state index is 12.0. The summed E-state index contributed by atoms with van der Waals surface area (Å²) in [6.07, 6.45) is 1.64. The van der Waals surface area contributed by atoms with Crippen molar-refractivity contribution in [2.24, 2.45) is 5.73 Å². The van der Waals surface area contributed by atoms with Gasteiger partial charge in [-0.15, -0.1) is 0 Å². The Balaban J connectivity index is 2.81. The lowest BCUT2D eigenvalue weighted by molar-refractivity contribution is -0.119. The second-order valence-electron chi connectivity index (χ2n) is 4.77. The van der Waals surface area contributed by atoms with E-state index in [4.69, 9.17) is 11.5 Å². The number of carbonyl (C=O) groups excluding carboxylic acids is 2. The number of hydrogen-bond acceptors (Lipinski definition) is 4. The van der Waals surface area contributed by atoms with Crippen LogP contribution in [0.3, 0.4) is 0 Å².